The maximum Gasteiger partial charge on any atom is 0.174 e. The third kappa shape index (κ3) is 1.48. The highest BCUT2D eigenvalue weighted by Crippen LogP contribution is 2.02. The molecule has 0 spiro atoms. The summed E-state index contributed by atoms with van der Waals surface area (Å²) in [5.74, 6) is 0.126. The number of halogens is 1. The molecule has 10 heavy (non-hydrogen) atoms. The molecule has 0 saturated heterocycles. The summed E-state index contributed by atoms with van der Waals surface area (Å²) in [7, 11) is 1.89. The number of Topliss-reactive ketones (excluding diaryl/α,β-unsaturated/α-hetero) is 1. The molecule has 0 bridgehead atoms. The lowest BCUT2D eigenvalue weighted by Gasteiger charge is -1.88. The smallest absolute Gasteiger partial charge is 0.174 e. The van der Waals surface area contributed by atoms with Gasteiger partial charge in [-0.05, 0) is 6.07 Å². The summed E-state index contributed by atoms with van der Waals surface area (Å²) < 4.78 is 1.86. The number of ketones is 1. The van der Waals surface area contributed by atoms with E-state index in [9.17, 15) is 4.79 Å². The first-order valence-electron chi connectivity index (χ1n) is 2.95. The number of carbonyl (C=O) groups excluding carboxylic acids is 1. The molecule has 0 aliphatic heterocycles. The Morgan fingerprint density at radius 1 is 1.80 bits per heavy atom. The summed E-state index contributed by atoms with van der Waals surface area (Å²) in [4.78, 5) is 11.0. The lowest BCUT2D eigenvalue weighted by molar-refractivity contribution is 0.102. The van der Waals surface area contributed by atoms with Gasteiger partial charge in [0.1, 0.15) is 0 Å². The fourth-order valence-electron chi connectivity index (χ4n) is 0.745. The van der Waals surface area contributed by atoms with E-state index in [4.69, 9.17) is 0 Å². The van der Waals surface area contributed by atoms with Crippen LogP contribution >= 0.6 is 15.9 Å². The van der Waals surface area contributed by atoms with Gasteiger partial charge in [-0.1, -0.05) is 15.9 Å². The van der Waals surface area contributed by atoms with Gasteiger partial charge in [-0.25, -0.2) is 0 Å². The first-order valence-corrected chi connectivity index (χ1v) is 4.07. The summed E-state index contributed by atoms with van der Waals surface area (Å²) in [5, 5.41) is 0.400. The van der Waals surface area contributed by atoms with Crippen LogP contribution in [-0.4, -0.2) is 15.7 Å². The number of carbonyl (C=O) groups is 1. The van der Waals surface area contributed by atoms with E-state index in [1.807, 2.05) is 30.1 Å². The third-order valence-electron chi connectivity index (χ3n) is 1.28. The van der Waals surface area contributed by atoms with Crippen LogP contribution in [0.3, 0.4) is 0 Å². The maximum absolute atomic E-state index is 11.0. The van der Waals surface area contributed by atoms with Crippen LogP contribution in [0.5, 0.6) is 0 Å². The lowest BCUT2D eigenvalue weighted by Crippen LogP contribution is -1.97. The molecule has 0 atom stereocenters. The normalized spacial score (nSPS) is 9.80. The summed E-state index contributed by atoms with van der Waals surface area (Å²) in [6.07, 6.45) is 3.67. The number of nitrogens with zero attached hydrogens (tertiary/aromatic N) is 1. The van der Waals surface area contributed by atoms with Crippen molar-refractivity contribution in [2.45, 2.75) is 0 Å². The molecule has 0 saturated carbocycles. The van der Waals surface area contributed by atoms with Gasteiger partial charge in [0.15, 0.2) is 5.78 Å². The SMILES string of the molecule is Cn1ccc(C(=O)CBr)c1. The highest BCUT2D eigenvalue weighted by Gasteiger charge is 2.02. The molecule has 1 rings (SSSR count). The van der Waals surface area contributed by atoms with Crippen molar-refractivity contribution in [2.75, 3.05) is 5.33 Å². The fraction of sp³-hybridized carbons (Fsp3) is 0.286. The number of rotatable bonds is 2. The molecule has 54 valence electrons. The van der Waals surface area contributed by atoms with Crippen LogP contribution in [0.4, 0.5) is 0 Å². The molecule has 2 nitrogen and oxygen atoms in total. The average Bonchev–Trinajstić information content (AvgIpc) is 2.34. The van der Waals surface area contributed by atoms with Crippen molar-refractivity contribution in [1.29, 1.82) is 0 Å². The van der Waals surface area contributed by atoms with Gasteiger partial charge in [-0.3, -0.25) is 4.79 Å². The first-order chi connectivity index (χ1) is 4.74. The Bertz CT molecular complexity index is 242. The zero-order valence-electron chi connectivity index (χ0n) is 5.67. The Hall–Kier alpha value is -0.570. The number of hydrogen-bond acceptors (Lipinski definition) is 1. The minimum atomic E-state index is 0.126. The Morgan fingerprint density at radius 2 is 2.50 bits per heavy atom. The fourth-order valence-corrected chi connectivity index (χ4v) is 1.07. The molecule has 0 aliphatic carbocycles. The highest BCUT2D eigenvalue weighted by molar-refractivity contribution is 9.09. The molecule has 0 fully saturated rings. The molecule has 0 N–H and O–H groups in total. The Morgan fingerprint density at radius 3 is 2.90 bits per heavy atom. The maximum atomic E-state index is 11.0. The van der Waals surface area contributed by atoms with E-state index in [2.05, 4.69) is 15.9 Å². The van der Waals surface area contributed by atoms with Crippen LogP contribution in [0.25, 0.3) is 0 Å². The van der Waals surface area contributed by atoms with E-state index in [1.54, 1.807) is 0 Å². The van der Waals surface area contributed by atoms with Crippen LogP contribution < -0.4 is 0 Å². The molecule has 0 amide bonds. The van der Waals surface area contributed by atoms with Crippen molar-refractivity contribution in [3.8, 4) is 0 Å². The van der Waals surface area contributed by atoms with Crippen LogP contribution in [0, 0.1) is 0 Å². The van der Waals surface area contributed by atoms with Gasteiger partial charge in [-0.2, -0.15) is 0 Å². The number of hydrogen-bond donors (Lipinski definition) is 0. The van der Waals surface area contributed by atoms with E-state index >= 15 is 0 Å². The predicted molar refractivity (Wildman–Crippen MR) is 43.5 cm³/mol. The van der Waals surface area contributed by atoms with E-state index in [0.29, 0.717) is 5.33 Å². The van der Waals surface area contributed by atoms with Gasteiger partial charge in [0, 0.05) is 25.0 Å². The molecule has 1 heterocycles. The first kappa shape index (κ1) is 7.54. The van der Waals surface area contributed by atoms with E-state index in [-0.39, 0.29) is 5.78 Å². The predicted octanol–water partition coefficient (Wildman–Crippen LogP) is 1.60. The minimum absolute atomic E-state index is 0.126. The van der Waals surface area contributed by atoms with Crippen LogP contribution in [-0.2, 0) is 7.05 Å². The quantitative estimate of drug-likeness (QED) is 0.527. The molecular formula is C7H8BrNO. The second-order valence-electron chi connectivity index (χ2n) is 2.12. The molecule has 0 radical (unpaired) electrons. The van der Waals surface area contributed by atoms with Gasteiger partial charge in [0.2, 0.25) is 0 Å². The molecule has 0 unspecified atom stereocenters. The highest BCUT2D eigenvalue weighted by atomic mass is 79.9. The molecular weight excluding hydrogens is 194 g/mol. The van der Waals surface area contributed by atoms with Gasteiger partial charge in [0.25, 0.3) is 0 Å². The van der Waals surface area contributed by atoms with Crippen molar-refractivity contribution in [2.24, 2.45) is 7.05 Å². The molecule has 3 heteroatoms. The zero-order chi connectivity index (χ0) is 7.56. The topological polar surface area (TPSA) is 22.0 Å². The Balaban J connectivity index is 2.85. The monoisotopic (exact) mass is 201 g/mol. The standard InChI is InChI=1S/C7H8BrNO/c1-9-3-2-6(5-9)7(10)4-8/h2-3,5H,4H2,1H3. The minimum Gasteiger partial charge on any atom is -0.357 e. The molecule has 1 aromatic rings. The number of aromatic nitrogens is 1. The summed E-state index contributed by atoms with van der Waals surface area (Å²) in [6.45, 7) is 0. The average molecular weight is 202 g/mol. The third-order valence-corrected chi connectivity index (χ3v) is 1.78. The largest absolute Gasteiger partial charge is 0.357 e. The second kappa shape index (κ2) is 3.01. The summed E-state index contributed by atoms with van der Waals surface area (Å²) in [5.41, 5.74) is 0.763. The van der Waals surface area contributed by atoms with Crippen molar-refractivity contribution in [3.63, 3.8) is 0 Å². The van der Waals surface area contributed by atoms with E-state index in [1.165, 1.54) is 0 Å². The molecule has 0 aromatic carbocycles. The van der Waals surface area contributed by atoms with Gasteiger partial charge in [-0.15, -0.1) is 0 Å². The number of alkyl halides is 1. The molecule has 1 aromatic heterocycles. The lowest BCUT2D eigenvalue weighted by atomic mass is 10.2. The zero-order valence-corrected chi connectivity index (χ0v) is 7.26. The van der Waals surface area contributed by atoms with Crippen LogP contribution in [0.15, 0.2) is 18.5 Å². The van der Waals surface area contributed by atoms with Crippen molar-refractivity contribution >= 4 is 21.7 Å². The van der Waals surface area contributed by atoms with Crippen molar-refractivity contribution in [1.82, 2.24) is 4.57 Å². The van der Waals surface area contributed by atoms with Crippen LogP contribution in [0.2, 0.25) is 0 Å². The van der Waals surface area contributed by atoms with E-state index in [0.717, 1.165) is 5.56 Å². The van der Waals surface area contributed by atoms with Gasteiger partial charge >= 0.3 is 0 Å². The van der Waals surface area contributed by atoms with Gasteiger partial charge in [0.05, 0.1) is 5.33 Å². The van der Waals surface area contributed by atoms with E-state index < -0.39 is 0 Å². The van der Waals surface area contributed by atoms with Crippen LogP contribution in [0.1, 0.15) is 10.4 Å². The molecule has 0 aliphatic rings. The Kier molecular flexibility index (Phi) is 2.27. The second-order valence-corrected chi connectivity index (χ2v) is 2.68. The number of aryl methyl sites for hydroxylation is 1. The summed E-state index contributed by atoms with van der Waals surface area (Å²) >= 11 is 3.10. The Labute approximate surface area is 68.0 Å². The van der Waals surface area contributed by atoms with Crippen molar-refractivity contribution in [3.05, 3.63) is 24.0 Å². The van der Waals surface area contributed by atoms with Gasteiger partial charge < -0.3 is 4.57 Å². The summed E-state index contributed by atoms with van der Waals surface area (Å²) in [6, 6.07) is 1.81. The van der Waals surface area contributed by atoms with Crippen molar-refractivity contribution < 1.29 is 4.79 Å².